The van der Waals surface area contributed by atoms with Crippen LogP contribution in [-0.2, 0) is 0 Å². The van der Waals surface area contributed by atoms with Crippen molar-refractivity contribution >= 4 is 5.84 Å². The van der Waals surface area contributed by atoms with Crippen LogP contribution in [0.2, 0.25) is 0 Å². The number of nitrogens with zero attached hydrogens (tertiary/aromatic N) is 1. The third-order valence-corrected chi connectivity index (χ3v) is 4.59. The van der Waals surface area contributed by atoms with E-state index in [1.54, 1.807) is 0 Å². The van der Waals surface area contributed by atoms with Gasteiger partial charge >= 0.3 is 0 Å². The molecule has 1 atom stereocenters. The van der Waals surface area contributed by atoms with Crippen molar-refractivity contribution < 1.29 is 0 Å². The molecule has 1 aromatic carbocycles. The Hall–Kier alpha value is -1.35. The summed E-state index contributed by atoms with van der Waals surface area (Å²) < 4.78 is 0. The summed E-state index contributed by atoms with van der Waals surface area (Å²) in [6, 6.07) is 10.2. The molecule has 1 heterocycles. The van der Waals surface area contributed by atoms with Gasteiger partial charge < -0.3 is 10.6 Å². The van der Waals surface area contributed by atoms with Crippen molar-refractivity contribution in [3.8, 4) is 0 Å². The van der Waals surface area contributed by atoms with Crippen LogP contribution in [-0.4, -0.2) is 30.4 Å². The second-order valence-corrected chi connectivity index (χ2v) is 6.30. The Balaban J connectivity index is 1.95. The van der Waals surface area contributed by atoms with Gasteiger partial charge in [0, 0.05) is 6.54 Å². The summed E-state index contributed by atoms with van der Waals surface area (Å²) in [6.07, 6.45) is 2.55. The molecule has 0 bridgehead atoms. The molecule has 3 heteroatoms. The van der Waals surface area contributed by atoms with Gasteiger partial charge in [0.1, 0.15) is 0 Å². The van der Waals surface area contributed by atoms with E-state index in [4.69, 9.17) is 11.1 Å². The maximum atomic E-state index is 7.87. The largest absolute Gasteiger partial charge is 0.387 e. The van der Waals surface area contributed by atoms with Crippen molar-refractivity contribution in [1.82, 2.24) is 4.90 Å². The number of piperidine rings is 1. The van der Waals surface area contributed by atoms with Crippen LogP contribution in [0.4, 0.5) is 0 Å². The van der Waals surface area contributed by atoms with Gasteiger partial charge in [0.2, 0.25) is 0 Å². The van der Waals surface area contributed by atoms with Gasteiger partial charge in [-0.05, 0) is 43.3 Å². The minimum atomic E-state index is 0.0341. The molecule has 0 radical (unpaired) electrons. The Labute approximate surface area is 122 Å². The van der Waals surface area contributed by atoms with Crippen molar-refractivity contribution in [3.05, 3.63) is 35.9 Å². The van der Waals surface area contributed by atoms with E-state index in [1.165, 1.54) is 12.8 Å². The predicted octanol–water partition coefficient (Wildman–Crippen LogP) is 3.07. The number of amidine groups is 1. The molecule has 3 nitrogen and oxygen atoms in total. The van der Waals surface area contributed by atoms with Gasteiger partial charge in [-0.2, -0.15) is 0 Å². The van der Waals surface area contributed by atoms with Crippen molar-refractivity contribution in [2.75, 3.05) is 19.6 Å². The molecular formula is C17H27N3. The summed E-state index contributed by atoms with van der Waals surface area (Å²) in [6.45, 7) is 7.80. The molecule has 3 N–H and O–H groups in total. The minimum absolute atomic E-state index is 0.0341. The molecule has 0 aliphatic carbocycles. The molecule has 20 heavy (non-hydrogen) atoms. The Morgan fingerprint density at radius 3 is 2.35 bits per heavy atom. The fourth-order valence-corrected chi connectivity index (χ4v) is 3.13. The summed E-state index contributed by atoms with van der Waals surface area (Å²) >= 11 is 0. The van der Waals surface area contributed by atoms with Crippen LogP contribution >= 0.6 is 0 Å². The molecule has 0 spiro atoms. The van der Waals surface area contributed by atoms with Crippen molar-refractivity contribution in [3.63, 3.8) is 0 Å². The number of benzene rings is 1. The molecule has 0 amide bonds. The average Bonchev–Trinajstić information content (AvgIpc) is 2.46. The van der Waals surface area contributed by atoms with Gasteiger partial charge in [-0.15, -0.1) is 0 Å². The molecule has 1 aliphatic heterocycles. The average molecular weight is 273 g/mol. The van der Waals surface area contributed by atoms with Crippen LogP contribution in [0.3, 0.4) is 0 Å². The lowest BCUT2D eigenvalue weighted by Gasteiger charge is -2.35. The van der Waals surface area contributed by atoms with E-state index < -0.39 is 0 Å². The van der Waals surface area contributed by atoms with Crippen LogP contribution in [0.1, 0.15) is 38.2 Å². The normalized spacial score (nSPS) is 19.1. The number of nitrogens with one attached hydrogen (secondary N) is 1. The van der Waals surface area contributed by atoms with Crippen LogP contribution < -0.4 is 5.73 Å². The number of hydrogen-bond acceptors (Lipinski definition) is 2. The van der Waals surface area contributed by atoms with Crippen molar-refractivity contribution in [2.45, 2.75) is 32.6 Å². The van der Waals surface area contributed by atoms with Gasteiger partial charge in [-0.1, -0.05) is 44.2 Å². The molecule has 1 fully saturated rings. The third kappa shape index (κ3) is 3.83. The van der Waals surface area contributed by atoms with Gasteiger partial charge in [-0.25, -0.2) is 0 Å². The number of rotatable bonds is 5. The Bertz CT molecular complexity index is 419. The molecule has 1 saturated heterocycles. The number of hydrogen-bond donors (Lipinski definition) is 2. The second-order valence-electron chi connectivity index (χ2n) is 6.30. The first kappa shape index (κ1) is 15.0. The molecular weight excluding hydrogens is 246 g/mol. The SMILES string of the molecule is CC(C)C1CCN(CC(C(=N)N)c2ccccc2)CC1. The lowest BCUT2D eigenvalue weighted by molar-refractivity contribution is 0.156. The standard InChI is InChI=1S/C17H27N3/c1-13(2)14-8-10-20(11-9-14)12-16(17(18)19)15-6-4-3-5-7-15/h3-7,13-14,16H,8-12H2,1-2H3,(H3,18,19). The van der Waals surface area contributed by atoms with E-state index in [-0.39, 0.29) is 11.8 Å². The van der Waals surface area contributed by atoms with E-state index in [9.17, 15) is 0 Å². The highest BCUT2D eigenvalue weighted by Gasteiger charge is 2.25. The monoisotopic (exact) mass is 273 g/mol. The maximum Gasteiger partial charge on any atom is 0.0995 e. The topological polar surface area (TPSA) is 53.1 Å². The summed E-state index contributed by atoms with van der Waals surface area (Å²) in [7, 11) is 0. The lowest BCUT2D eigenvalue weighted by Crippen LogP contribution is -2.40. The predicted molar refractivity (Wildman–Crippen MR) is 85.1 cm³/mol. The van der Waals surface area contributed by atoms with E-state index in [0.717, 1.165) is 37.0 Å². The zero-order valence-electron chi connectivity index (χ0n) is 12.7. The van der Waals surface area contributed by atoms with E-state index >= 15 is 0 Å². The maximum absolute atomic E-state index is 7.87. The minimum Gasteiger partial charge on any atom is -0.387 e. The Morgan fingerprint density at radius 1 is 1.25 bits per heavy atom. The highest BCUT2D eigenvalue weighted by atomic mass is 15.1. The van der Waals surface area contributed by atoms with E-state index in [1.807, 2.05) is 18.2 Å². The summed E-state index contributed by atoms with van der Waals surface area (Å²) in [5, 5.41) is 7.87. The highest BCUT2D eigenvalue weighted by molar-refractivity contribution is 5.84. The smallest absolute Gasteiger partial charge is 0.0995 e. The summed E-state index contributed by atoms with van der Waals surface area (Å²) in [5.41, 5.74) is 6.98. The molecule has 1 unspecified atom stereocenters. The van der Waals surface area contributed by atoms with Crippen molar-refractivity contribution in [2.24, 2.45) is 17.6 Å². The number of nitrogens with two attached hydrogens (primary N) is 1. The molecule has 1 aliphatic rings. The first-order chi connectivity index (χ1) is 9.58. The van der Waals surface area contributed by atoms with Gasteiger partial charge in [-0.3, -0.25) is 5.41 Å². The van der Waals surface area contributed by atoms with Gasteiger partial charge in [0.05, 0.1) is 11.8 Å². The zero-order valence-corrected chi connectivity index (χ0v) is 12.7. The van der Waals surface area contributed by atoms with Crippen molar-refractivity contribution in [1.29, 1.82) is 5.41 Å². The molecule has 1 aromatic rings. The Morgan fingerprint density at radius 2 is 1.85 bits per heavy atom. The quantitative estimate of drug-likeness (QED) is 0.640. The highest BCUT2D eigenvalue weighted by Crippen LogP contribution is 2.26. The Kier molecular flexibility index (Phi) is 5.18. The first-order valence-corrected chi connectivity index (χ1v) is 7.69. The van der Waals surface area contributed by atoms with Gasteiger partial charge in [0.15, 0.2) is 0 Å². The molecule has 0 aromatic heterocycles. The zero-order chi connectivity index (χ0) is 14.5. The molecule has 110 valence electrons. The summed E-state index contributed by atoms with van der Waals surface area (Å²) in [5.74, 6) is 1.96. The van der Waals surface area contributed by atoms with Crippen LogP contribution in [0.15, 0.2) is 30.3 Å². The summed E-state index contributed by atoms with van der Waals surface area (Å²) in [4.78, 5) is 2.47. The third-order valence-electron chi connectivity index (χ3n) is 4.59. The molecule has 0 saturated carbocycles. The lowest BCUT2D eigenvalue weighted by atomic mass is 9.86. The van der Waals surface area contributed by atoms with Crippen LogP contribution in [0, 0.1) is 17.2 Å². The van der Waals surface area contributed by atoms with Gasteiger partial charge in [0.25, 0.3) is 0 Å². The fourth-order valence-electron chi connectivity index (χ4n) is 3.13. The van der Waals surface area contributed by atoms with E-state index in [2.05, 4.69) is 30.9 Å². The fraction of sp³-hybridized carbons (Fsp3) is 0.588. The van der Waals surface area contributed by atoms with E-state index in [0.29, 0.717) is 0 Å². The van der Waals surface area contributed by atoms with Crippen LogP contribution in [0.5, 0.6) is 0 Å². The number of likely N-dealkylation sites (tertiary alicyclic amines) is 1. The van der Waals surface area contributed by atoms with Crippen LogP contribution in [0.25, 0.3) is 0 Å². The molecule has 2 rings (SSSR count). The second kappa shape index (κ2) is 6.89. The first-order valence-electron chi connectivity index (χ1n) is 7.69.